The number of aliphatic carboxylic acids is 2. The molecule has 0 spiro atoms. The minimum absolute atomic E-state index is 0.200. The van der Waals surface area contributed by atoms with Crippen molar-refractivity contribution in [3.8, 4) is 0 Å². The molecule has 5 aromatic carbocycles. The third kappa shape index (κ3) is 3.61. The van der Waals surface area contributed by atoms with Crippen molar-refractivity contribution in [2.24, 2.45) is 0 Å². The number of benzene rings is 5. The molecule has 1 aliphatic carbocycles. The quantitative estimate of drug-likeness (QED) is 0.263. The molecular weight excluding hydrogens is 448 g/mol. The fourth-order valence-electron chi connectivity index (χ4n) is 6.19. The smallest absolute Gasteiger partial charge is 0.311 e. The van der Waals surface area contributed by atoms with E-state index in [1.165, 1.54) is 38.2 Å². The van der Waals surface area contributed by atoms with Gasteiger partial charge in [-0.15, -0.1) is 0 Å². The van der Waals surface area contributed by atoms with Gasteiger partial charge in [-0.2, -0.15) is 0 Å². The summed E-state index contributed by atoms with van der Waals surface area (Å²) in [5.41, 5.74) is 4.47. The van der Waals surface area contributed by atoms with Crippen LogP contribution in [0.3, 0.4) is 0 Å². The van der Waals surface area contributed by atoms with Gasteiger partial charge in [-0.3, -0.25) is 9.59 Å². The molecule has 0 saturated carbocycles. The number of rotatable bonds is 5. The Balaban J connectivity index is 1.53. The van der Waals surface area contributed by atoms with Crippen LogP contribution in [0.25, 0.3) is 32.3 Å². The number of carbonyl (C=O) groups is 2. The second-order valence-corrected chi connectivity index (χ2v) is 9.74. The average molecular weight is 475 g/mol. The van der Waals surface area contributed by atoms with Gasteiger partial charge in [0.25, 0.3) is 0 Å². The van der Waals surface area contributed by atoms with Crippen LogP contribution in [-0.4, -0.2) is 22.2 Å². The van der Waals surface area contributed by atoms with Gasteiger partial charge in [0.15, 0.2) is 0 Å². The second kappa shape index (κ2) is 8.80. The molecule has 0 aromatic heterocycles. The van der Waals surface area contributed by atoms with E-state index in [0.717, 1.165) is 30.0 Å². The summed E-state index contributed by atoms with van der Waals surface area (Å²) in [5.74, 6) is -3.11. The van der Waals surface area contributed by atoms with Crippen LogP contribution in [0.2, 0.25) is 0 Å². The molecule has 0 heterocycles. The summed E-state index contributed by atoms with van der Waals surface area (Å²) in [6.45, 7) is 0. The van der Waals surface area contributed by atoms with Gasteiger partial charge in [0.2, 0.25) is 0 Å². The number of hydrogen-bond acceptors (Lipinski definition) is 2. The van der Waals surface area contributed by atoms with Gasteiger partial charge in [0.05, 0.1) is 12.3 Å². The molecule has 4 nitrogen and oxygen atoms in total. The summed E-state index contributed by atoms with van der Waals surface area (Å²) in [7, 11) is 0. The van der Waals surface area contributed by atoms with E-state index in [4.69, 9.17) is 0 Å². The molecule has 0 amide bonds. The Morgan fingerprint density at radius 2 is 1.42 bits per heavy atom. The topological polar surface area (TPSA) is 74.6 Å². The average Bonchev–Trinajstić information content (AvgIpc) is 2.90. The zero-order valence-electron chi connectivity index (χ0n) is 19.8. The molecule has 0 radical (unpaired) electrons. The molecular formula is C32H26O4. The van der Waals surface area contributed by atoms with Crippen molar-refractivity contribution in [1.29, 1.82) is 0 Å². The van der Waals surface area contributed by atoms with Crippen LogP contribution >= 0.6 is 0 Å². The van der Waals surface area contributed by atoms with Crippen LogP contribution in [0.4, 0.5) is 0 Å². The lowest BCUT2D eigenvalue weighted by Crippen LogP contribution is -2.17. The molecule has 0 saturated heterocycles. The Morgan fingerprint density at radius 1 is 0.722 bits per heavy atom. The Bertz CT molecular complexity index is 1670. The van der Waals surface area contributed by atoms with Crippen LogP contribution in [0.5, 0.6) is 0 Å². The SMILES string of the molecule is O=C(O)CC(C(=O)O)c1ccc(C2CCCc3c2ccc2c3ccc3ccccc32)c2ccccc12. The molecule has 1 aliphatic rings. The van der Waals surface area contributed by atoms with Crippen molar-refractivity contribution in [3.63, 3.8) is 0 Å². The number of hydrogen-bond donors (Lipinski definition) is 2. The van der Waals surface area contributed by atoms with Crippen LogP contribution in [-0.2, 0) is 16.0 Å². The number of fused-ring (bicyclic) bond motifs is 6. The molecule has 0 bridgehead atoms. The summed E-state index contributed by atoms with van der Waals surface area (Å²) in [5, 5.41) is 26.1. The van der Waals surface area contributed by atoms with E-state index in [9.17, 15) is 19.8 Å². The van der Waals surface area contributed by atoms with Crippen molar-refractivity contribution < 1.29 is 19.8 Å². The molecule has 2 atom stereocenters. The highest BCUT2D eigenvalue weighted by Gasteiger charge is 2.29. The lowest BCUT2D eigenvalue weighted by molar-refractivity contribution is -0.145. The van der Waals surface area contributed by atoms with Crippen molar-refractivity contribution in [2.75, 3.05) is 0 Å². The Labute approximate surface area is 208 Å². The third-order valence-electron chi connectivity index (χ3n) is 7.79. The van der Waals surface area contributed by atoms with E-state index in [2.05, 4.69) is 48.5 Å². The fourth-order valence-corrected chi connectivity index (χ4v) is 6.19. The standard InChI is InChI=1S/C32H26O4/c33-31(34)18-30(32(35)36)29-17-16-27(21-8-3-4-9-22(21)29)24-11-5-10-23-26-13-12-19-6-1-2-7-20(19)25(26)14-15-28(23)24/h1-4,6-9,12-17,24,30H,5,10-11,18H2,(H,33,34)(H,35,36). The minimum atomic E-state index is -1.11. The lowest BCUT2D eigenvalue weighted by atomic mass is 9.75. The van der Waals surface area contributed by atoms with Crippen molar-refractivity contribution in [1.82, 2.24) is 0 Å². The van der Waals surface area contributed by atoms with E-state index in [-0.39, 0.29) is 5.92 Å². The molecule has 0 aliphatic heterocycles. The molecule has 0 fully saturated rings. The Kier molecular flexibility index (Phi) is 5.45. The summed E-state index contributed by atoms with van der Waals surface area (Å²) < 4.78 is 0. The summed E-state index contributed by atoms with van der Waals surface area (Å²) in [4.78, 5) is 23.4. The van der Waals surface area contributed by atoms with E-state index >= 15 is 0 Å². The van der Waals surface area contributed by atoms with Crippen LogP contribution in [0.15, 0.2) is 84.9 Å². The summed E-state index contributed by atoms with van der Waals surface area (Å²) >= 11 is 0. The largest absolute Gasteiger partial charge is 0.481 e. The first-order chi connectivity index (χ1) is 17.5. The van der Waals surface area contributed by atoms with Crippen LogP contribution in [0.1, 0.15) is 53.4 Å². The van der Waals surface area contributed by atoms with Gasteiger partial charge in [-0.25, -0.2) is 0 Å². The van der Waals surface area contributed by atoms with E-state index in [0.29, 0.717) is 5.56 Å². The highest BCUT2D eigenvalue weighted by atomic mass is 16.4. The van der Waals surface area contributed by atoms with E-state index in [1.54, 1.807) is 0 Å². The van der Waals surface area contributed by atoms with Crippen LogP contribution < -0.4 is 0 Å². The molecule has 4 heteroatoms. The van der Waals surface area contributed by atoms with E-state index < -0.39 is 24.3 Å². The fraction of sp³-hybridized carbons (Fsp3) is 0.188. The maximum atomic E-state index is 12.0. The van der Waals surface area contributed by atoms with Crippen LogP contribution in [0, 0.1) is 0 Å². The van der Waals surface area contributed by atoms with Gasteiger partial charge >= 0.3 is 11.9 Å². The van der Waals surface area contributed by atoms with Gasteiger partial charge < -0.3 is 10.2 Å². The maximum absolute atomic E-state index is 12.0. The first kappa shape index (κ1) is 22.3. The van der Waals surface area contributed by atoms with Gasteiger partial charge in [-0.1, -0.05) is 84.9 Å². The Morgan fingerprint density at radius 3 is 2.19 bits per heavy atom. The lowest BCUT2D eigenvalue weighted by Gasteiger charge is -2.29. The molecule has 5 aromatic rings. The second-order valence-electron chi connectivity index (χ2n) is 9.74. The zero-order valence-corrected chi connectivity index (χ0v) is 19.8. The third-order valence-corrected chi connectivity index (χ3v) is 7.79. The van der Waals surface area contributed by atoms with E-state index in [1.807, 2.05) is 36.4 Å². The maximum Gasteiger partial charge on any atom is 0.311 e. The summed E-state index contributed by atoms with van der Waals surface area (Å²) in [6.07, 6.45) is 2.70. The first-order valence-corrected chi connectivity index (χ1v) is 12.4. The van der Waals surface area contributed by atoms with Crippen molar-refractivity contribution in [2.45, 2.75) is 37.5 Å². The molecule has 6 rings (SSSR count). The number of carboxylic acid groups (broad SMARTS) is 2. The predicted molar refractivity (Wildman–Crippen MR) is 143 cm³/mol. The normalized spacial score (nSPS) is 16.2. The minimum Gasteiger partial charge on any atom is -0.481 e. The monoisotopic (exact) mass is 474 g/mol. The molecule has 36 heavy (non-hydrogen) atoms. The van der Waals surface area contributed by atoms with Gasteiger partial charge in [-0.05, 0) is 73.8 Å². The van der Waals surface area contributed by atoms with Gasteiger partial charge in [0.1, 0.15) is 0 Å². The predicted octanol–water partition coefficient (Wildman–Crippen LogP) is 7.26. The molecule has 2 unspecified atom stereocenters. The highest BCUT2D eigenvalue weighted by molar-refractivity contribution is 6.09. The van der Waals surface area contributed by atoms with Gasteiger partial charge in [0, 0.05) is 5.92 Å². The Hall–Kier alpha value is -4.18. The number of aryl methyl sites for hydroxylation is 1. The molecule has 2 N–H and O–H groups in total. The molecule has 178 valence electrons. The summed E-state index contributed by atoms with van der Waals surface area (Å²) in [6, 6.07) is 29.2. The number of carboxylic acids is 2. The van der Waals surface area contributed by atoms with Crippen molar-refractivity contribution in [3.05, 3.63) is 107 Å². The highest BCUT2D eigenvalue weighted by Crippen LogP contribution is 2.44. The zero-order chi connectivity index (χ0) is 24.8. The first-order valence-electron chi connectivity index (χ1n) is 12.4. The van der Waals surface area contributed by atoms with Crippen molar-refractivity contribution >= 4 is 44.3 Å².